The number of aryl methyl sites for hydroxylation is 2. The summed E-state index contributed by atoms with van der Waals surface area (Å²) in [6, 6.07) is 0. The van der Waals surface area contributed by atoms with Crippen molar-refractivity contribution in [1.82, 2.24) is 4.98 Å². The van der Waals surface area contributed by atoms with Crippen molar-refractivity contribution >= 4 is 5.97 Å². The first-order valence-corrected chi connectivity index (χ1v) is 4.81. The highest BCUT2D eigenvalue weighted by atomic mass is 16.4. The van der Waals surface area contributed by atoms with Gasteiger partial charge in [0.25, 0.3) is 0 Å². The minimum Gasteiger partial charge on any atom is -0.480 e. The Bertz CT molecular complexity index is 384. The molecule has 0 atom stereocenters. The maximum absolute atomic E-state index is 11.2. The third-order valence-corrected chi connectivity index (χ3v) is 3.02. The van der Waals surface area contributed by atoms with E-state index in [2.05, 4.69) is 4.98 Å². The fraction of sp³-hybridized carbons (Fsp3) is 0.600. The molecule has 1 aromatic rings. The molecule has 0 spiro atoms. The number of hydrogen-bond donors (Lipinski definition) is 2. The molecule has 2 N–H and O–H groups in total. The number of rotatable bonds is 2. The van der Waals surface area contributed by atoms with Gasteiger partial charge in [0.15, 0.2) is 0 Å². The van der Waals surface area contributed by atoms with Gasteiger partial charge in [0.2, 0.25) is 5.89 Å². The topological polar surface area (TPSA) is 83.6 Å². The standard InChI is InChI=1S/C10H13NO4/c1-5-6(2)15-8(11-5)10(9(13)14)3-7(12)4-10/h7,12H,3-4H2,1-2H3,(H,13,14). The summed E-state index contributed by atoms with van der Waals surface area (Å²) < 4.78 is 5.33. The van der Waals surface area contributed by atoms with Crippen LogP contribution in [-0.4, -0.2) is 27.3 Å². The number of carboxylic acid groups (broad SMARTS) is 1. The number of carbonyl (C=O) groups is 1. The SMILES string of the molecule is Cc1nc(C2(C(=O)O)CC(O)C2)oc1C. The minimum absolute atomic E-state index is 0.182. The lowest BCUT2D eigenvalue weighted by molar-refractivity contribution is -0.154. The van der Waals surface area contributed by atoms with Gasteiger partial charge < -0.3 is 14.6 Å². The van der Waals surface area contributed by atoms with E-state index in [1.54, 1.807) is 13.8 Å². The lowest BCUT2D eigenvalue weighted by atomic mass is 9.66. The van der Waals surface area contributed by atoms with Gasteiger partial charge in [0.05, 0.1) is 11.8 Å². The van der Waals surface area contributed by atoms with Crippen LogP contribution in [0.15, 0.2) is 4.42 Å². The van der Waals surface area contributed by atoms with Gasteiger partial charge in [0.1, 0.15) is 11.2 Å². The molecule has 5 nitrogen and oxygen atoms in total. The van der Waals surface area contributed by atoms with E-state index in [0.29, 0.717) is 11.5 Å². The monoisotopic (exact) mass is 211 g/mol. The molecule has 0 aromatic carbocycles. The molecule has 0 saturated heterocycles. The van der Waals surface area contributed by atoms with Crippen molar-refractivity contribution < 1.29 is 19.4 Å². The summed E-state index contributed by atoms with van der Waals surface area (Å²) >= 11 is 0. The third-order valence-electron chi connectivity index (χ3n) is 3.02. The van der Waals surface area contributed by atoms with Crippen molar-refractivity contribution in [2.75, 3.05) is 0 Å². The van der Waals surface area contributed by atoms with Gasteiger partial charge in [-0.1, -0.05) is 0 Å². The Morgan fingerprint density at radius 2 is 2.13 bits per heavy atom. The van der Waals surface area contributed by atoms with E-state index in [4.69, 9.17) is 9.52 Å². The van der Waals surface area contributed by atoms with Crippen molar-refractivity contribution in [3.63, 3.8) is 0 Å². The van der Waals surface area contributed by atoms with Crippen LogP contribution in [0.1, 0.15) is 30.2 Å². The Hall–Kier alpha value is -1.36. The van der Waals surface area contributed by atoms with Gasteiger partial charge in [-0.2, -0.15) is 0 Å². The Kier molecular flexibility index (Phi) is 2.08. The summed E-state index contributed by atoms with van der Waals surface area (Å²) in [5.74, 6) is -0.128. The highest BCUT2D eigenvalue weighted by molar-refractivity contribution is 5.81. The molecule has 1 aliphatic carbocycles. The van der Waals surface area contributed by atoms with E-state index in [0.717, 1.165) is 0 Å². The molecule has 1 fully saturated rings. The van der Waals surface area contributed by atoms with Crippen LogP contribution in [0.2, 0.25) is 0 Å². The largest absolute Gasteiger partial charge is 0.480 e. The Morgan fingerprint density at radius 1 is 1.53 bits per heavy atom. The second kappa shape index (κ2) is 3.06. The van der Waals surface area contributed by atoms with E-state index < -0.39 is 17.5 Å². The molecule has 0 amide bonds. The van der Waals surface area contributed by atoms with Gasteiger partial charge >= 0.3 is 5.97 Å². The first kappa shape index (κ1) is 10.2. The highest BCUT2D eigenvalue weighted by Gasteiger charge is 2.55. The number of oxazole rings is 1. The second-order valence-corrected chi connectivity index (χ2v) is 4.11. The first-order chi connectivity index (χ1) is 6.95. The van der Waals surface area contributed by atoms with E-state index >= 15 is 0 Å². The lowest BCUT2D eigenvalue weighted by Crippen LogP contribution is -2.50. The van der Waals surface area contributed by atoms with Crippen LogP contribution in [0, 0.1) is 13.8 Å². The van der Waals surface area contributed by atoms with Crippen LogP contribution in [0.25, 0.3) is 0 Å². The summed E-state index contributed by atoms with van der Waals surface area (Å²) in [7, 11) is 0. The maximum Gasteiger partial charge on any atom is 0.319 e. The minimum atomic E-state index is -1.11. The Balaban J connectivity index is 2.38. The van der Waals surface area contributed by atoms with E-state index in [9.17, 15) is 9.90 Å². The van der Waals surface area contributed by atoms with Crippen molar-refractivity contribution in [1.29, 1.82) is 0 Å². The van der Waals surface area contributed by atoms with Gasteiger partial charge in [-0.25, -0.2) is 4.98 Å². The normalized spacial score (nSPS) is 29.9. The predicted octanol–water partition coefficient (Wildman–Crippen LogP) is 0.769. The Morgan fingerprint density at radius 3 is 2.47 bits per heavy atom. The fourth-order valence-electron chi connectivity index (χ4n) is 1.86. The van der Waals surface area contributed by atoms with Crippen LogP contribution in [0.3, 0.4) is 0 Å². The van der Waals surface area contributed by atoms with E-state index in [1.807, 2.05) is 0 Å². The van der Waals surface area contributed by atoms with Crippen molar-refractivity contribution in [2.45, 2.75) is 38.2 Å². The molecule has 1 aromatic heterocycles. The van der Waals surface area contributed by atoms with Crippen molar-refractivity contribution in [2.24, 2.45) is 0 Å². The zero-order chi connectivity index (χ0) is 11.2. The number of nitrogens with zero attached hydrogens (tertiary/aromatic N) is 1. The molecule has 1 aliphatic rings. The zero-order valence-electron chi connectivity index (χ0n) is 8.65. The summed E-state index contributed by atoms with van der Waals surface area (Å²) in [5, 5.41) is 18.4. The van der Waals surface area contributed by atoms with Crippen LogP contribution in [0.5, 0.6) is 0 Å². The number of aliphatic carboxylic acids is 1. The van der Waals surface area contributed by atoms with Crippen LogP contribution in [-0.2, 0) is 10.2 Å². The maximum atomic E-state index is 11.2. The number of carboxylic acids is 1. The van der Waals surface area contributed by atoms with E-state index in [-0.39, 0.29) is 18.7 Å². The van der Waals surface area contributed by atoms with Gasteiger partial charge in [-0.15, -0.1) is 0 Å². The quantitative estimate of drug-likeness (QED) is 0.754. The molecule has 82 valence electrons. The first-order valence-electron chi connectivity index (χ1n) is 4.81. The highest BCUT2D eigenvalue weighted by Crippen LogP contribution is 2.44. The average Bonchev–Trinajstić information content (AvgIpc) is 2.40. The Labute approximate surface area is 86.7 Å². The third kappa shape index (κ3) is 1.34. The summed E-state index contributed by atoms with van der Waals surface area (Å²) in [6.45, 7) is 3.52. The molecule has 0 radical (unpaired) electrons. The van der Waals surface area contributed by atoms with Gasteiger partial charge in [0, 0.05) is 0 Å². The number of aromatic nitrogens is 1. The molecule has 0 aliphatic heterocycles. The van der Waals surface area contributed by atoms with Crippen LogP contribution in [0.4, 0.5) is 0 Å². The summed E-state index contributed by atoms with van der Waals surface area (Å²) in [6.07, 6.45) is -0.197. The fourth-order valence-corrected chi connectivity index (χ4v) is 1.86. The lowest BCUT2D eigenvalue weighted by Gasteiger charge is -2.38. The molecule has 0 bridgehead atoms. The van der Waals surface area contributed by atoms with Gasteiger partial charge in [-0.05, 0) is 26.7 Å². The smallest absolute Gasteiger partial charge is 0.319 e. The molecule has 5 heteroatoms. The molecule has 0 unspecified atom stereocenters. The summed E-state index contributed by atoms with van der Waals surface area (Å²) in [4.78, 5) is 15.3. The molecule has 1 heterocycles. The van der Waals surface area contributed by atoms with Crippen LogP contribution < -0.4 is 0 Å². The van der Waals surface area contributed by atoms with Crippen molar-refractivity contribution in [3.8, 4) is 0 Å². The number of aliphatic hydroxyl groups excluding tert-OH is 1. The molecule has 2 rings (SSSR count). The number of hydrogen-bond acceptors (Lipinski definition) is 4. The molecule has 1 saturated carbocycles. The molecule has 15 heavy (non-hydrogen) atoms. The average molecular weight is 211 g/mol. The number of aliphatic hydroxyl groups is 1. The predicted molar refractivity (Wildman–Crippen MR) is 50.5 cm³/mol. The zero-order valence-corrected chi connectivity index (χ0v) is 8.65. The molecular weight excluding hydrogens is 198 g/mol. The van der Waals surface area contributed by atoms with Crippen LogP contribution >= 0.6 is 0 Å². The summed E-state index contributed by atoms with van der Waals surface area (Å²) in [5.41, 5.74) is -0.412. The van der Waals surface area contributed by atoms with Gasteiger partial charge in [-0.3, -0.25) is 4.79 Å². The second-order valence-electron chi connectivity index (χ2n) is 4.11. The van der Waals surface area contributed by atoms with E-state index in [1.165, 1.54) is 0 Å². The van der Waals surface area contributed by atoms with Crippen molar-refractivity contribution in [3.05, 3.63) is 17.3 Å². The molecular formula is C10H13NO4.